The Bertz CT molecular complexity index is 698. The lowest BCUT2D eigenvalue weighted by Gasteiger charge is -2.27. The summed E-state index contributed by atoms with van der Waals surface area (Å²) in [6.07, 6.45) is 2.16. The summed E-state index contributed by atoms with van der Waals surface area (Å²) in [5.41, 5.74) is 3.01. The van der Waals surface area contributed by atoms with Gasteiger partial charge in [-0.25, -0.2) is 4.98 Å². The first-order chi connectivity index (χ1) is 10.4. The maximum atomic E-state index is 12.0. The van der Waals surface area contributed by atoms with E-state index in [9.17, 15) is 4.79 Å². The number of ether oxygens (including phenoxy) is 1. The quantitative estimate of drug-likeness (QED) is 0.893. The number of nitrogens with one attached hydrogen (secondary N) is 2. The molecule has 0 saturated heterocycles. The topological polar surface area (TPSA) is 79.9 Å². The van der Waals surface area contributed by atoms with Crippen LogP contribution >= 0.6 is 0 Å². The number of pyridine rings is 1. The van der Waals surface area contributed by atoms with Crippen LogP contribution in [-0.4, -0.2) is 28.2 Å². The van der Waals surface area contributed by atoms with Crippen LogP contribution in [0.5, 0.6) is 5.88 Å². The van der Waals surface area contributed by atoms with Crippen molar-refractivity contribution < 1.29 is 9.53 Å². The van der Waals surface area contributed by atoms with Gasteiger partial charge in [0.1, 0.15) is 0 Å². The minimum absolute atomic E-state index is 0.0275. The second-order valence-electron chi connectivity index (χ2n) is 6.55. The van der Waals surface area contributed by atoms with Crippen LogP contribution in [0.25, 0.3) is 0 Å². The summed E-state index contributed by atoms with van der Waals surface area (Å²) in [5.74, 6) is 1.12. The lowest BCUT2D eigenvalue weighted by Crippen LogP contribution is -2.25. The van der Waals surface area contributed by atoms with Gasteiger partial charge in [-0.15, -0.1) is 0 Å². The third kappa shape index (κ3) is 2.45. The molecular formula is C16H20N4O2. The number of carbonyl (C=O) groups is 1. The fourth-order valence-corrected chi connectivity index (χ4v) is 2.83. The van der Waals surface area contributed by atoms with Gasteiger partial charge in [-0.1, -0.05) is 26.8 Å². The molecule has 1 aliphatic rings. The Hall–Kier alpha value is -2.37. The normalized spacial score (nSPS) is 17.8. The number of H-pyrrole nitrogens is 1. The first kappa shape index (κ1) is 14.6. The molecular weight excluding hydrogens is 280 g/mol. The van der Waals surface area contributed by atoms with Crippen molar-refractivity contribution in [2.75, 3.05) is 12.4 Å². The van der Waals surface area contributed by atoms with E-state index < -0.39 is 0 Å². The molecule has 6 nitrogen and oxygen atoms in total. The molecule has 0 radical (unpaired) electrons. The molecule has 2 N–H and O–H groups in total. The monoisotopic (exact) mass is 300 g/mol. The summed E-state index contributed by atoms with van der Waals surface area (Å²) in [7, 11) is 1.59. The number of methoxy groups -OCH3 is 1. The molecule has 0 bridgehead atoms. The number of hydrogen-bond donors (Lipinski definition) is 2. The van der Waals surface area contributed by atoms with Gasteiger partial charge in [0.05, 0.1) is 7.11 Å². The first-order valence-electron chi connectivity index (χ1n) is 7.28. The smallest absolute Gasteiger partial charge is 0.226 e. The van der Waals surface area contributed by atoms with Crippen molar-refractivity contribution in [1.82, 2.24) is 15.2 Å². The summed E-state index contributed by atoms with van der Waals surface area (Å²) >= 11 is 0. The molecule has 116 valence electrons. The number of hydrogen-bond acceptors (Lipinski definition) is 4. The highest BCUT2D eigenvalue weighted by molar-refractivity contribution is 5.94. The highest BCUT2D eigenvalue weighted by Crippen LogP contribution is 2.41. The molecule has 3 rings (SSSR count). The van der Waals surface area contributed by atoms with Gasteiger partial charge >= 0.3 is 0 Å². The number of aromatic amines is 1. The molecule has 0 aromatic carbocycles. The van der Waals surface area contributed by atoms with E-state index in [4.69, 9.17) is 4.74 Å². The van der Waals surface area contributed by atoms with Crippen LogP contribution in [0, 0.1) is 0 Å². The van der Waals surface area contributed by atoms with Crippen molar-refractivity contribution >= 4 is 11.7 Å². The molecule has 2 aromatic rings. The zero-order valence-corrected chi connectivity index (χ0v) is 13.2. The molecule has 1 amide bonds. The second-order valence-corrected chi connectivity index (χ2v) is 6.55. The van der Waals surface area contributed by atoms with Gasteiger partial charge < -0.3 is 10.1 Å². The number of anilines is 1. The van der Waals surface area contributed by atoms with Crippen molar-refractivity contribution in [2.24, 2.45) is 0 Å². The Balaban J connectivity index is 2.09. The zero-order valence-electron chi connectivity index (χ0n) is 13.2. The summed E-state index contributed by atoms with van der Waals surface area (Å²) in [4.78, 5) is 16.2. The molecule has 0 saturated carbocycles. The van der Waals surface area contributed by atoms with Crippen molar-refractivity contribution in [3.8, 4) is 5.88 Å². The largest absolute Gasteiger partial charge is 0.481 e. The third-order valence-electron chi connectivity index (χ3n) is 3.92. The van der Waals surface area contributed by atoms with E-state index in [0.717, 1.165) is 16.8 Å². The Morgan fingerprint density at radius 1 is 1.32 bits per heavy atom. The van der Waals surface area contributed by atoms with Crippen molar-refractivity contribution in [2.45, 2.75) is 38.5 Å². The number of rotatable bonds is 2. The molecule has 1 unspecified atom stereocenters. The van der Waals surface area contributed by atoms with Crippen molar-refractivity contribution in [3.63, 3.8) is 0 Å². The fourth-order valence-electron chi connectivity index (χ4n) is 2.83. The van der Waals surface area contributed by atoms with Gasteiger partial charge in [-0.2, -0.15) is 5.10 Å². The zero-order chi connectivity index (χ0) is 15.9. The van der Waals surface area contributed by atoms with Crippen molar-refractivity contribution in [3.05, 3.63) is 35.2 Å². The molecule has 0 spiro atoms. The Labute approximate surface area is 129 Å². The maximum Gasteiger partial charge on any atom is 0.226 e. The van der Waals surface area contributed by atoms with Gasteiger partial charge in [0.25, 0.3) is 0 Å². The predicted octanol–water partition coefficient (Wildman–Crippen LogP) is 2.58. The van der Waals surface area contributed by atoms with Gasteiger partial charge in [0, 0.05) is 41.3 Å². The lowest BCUT2D eigenvalue weighted by atomic mass is 9.80. The highest BCUT2D eigenvalue weighted by atomic mass is 16.5. The standard InChI is InChI=1S/C16H20N4O2/c1-16(2,3)14-13-10(7-11(21)18-15(13)20-19-14)9-5-6-12(22-4)17-8-9/h5-6,8,10H,7H2,1-4H3,(H2,18,19,20,21). The summed E-state index contributed by atoms with van der Waals surface area (Å²) in [6.45, 7) is 6.38. The van der Waals surface area contributed by atoms with Gasteiger partial charge in [0.2, 0.25) is 11.8 Å². The molecule has 1 atom stereocenters. The van der Waals surface area contributed by atoms with E-state index in [-0.39, 0.29) is 17.2 Å². The number of aromatic nitrogens is 3. The number of carbonyl (C=O) groups excluding carboxylic acids is 1. The molecule has 0 fully saturated rings. The predicted molar refractivity (Wildman–Crippen MR) is 83.2 cm³/mol. The van der Waals surface area contributed by atoms with Crippen LogP contribution < -0.4 is 10.1 Å². The van der Waals surface area contributed by atoms with Crippen LogP contribution in [0.4, 0.5) is 5.82 Å². The van der Waals surface area contributed by atoms with E-state index >= 15 is 0 Å². The van der Waals surface area contributed by atoms with Crippen molar-refractivity contribution in [1.29, 1.82) is 0 Å². The van der Waals surface area contributed by atoms with Crippen LogP contribution in [0.1, 0.15) is 49.9 Å². The second kappa shape index (κ2) is 5.12. The van der Waals surface area contributed by atoms with Crippen LogP contribution in [0.3, 0.4) is 0 Å². The average Bonchev–Trinajstić information content (AvgIpc) is 2.90. The van der Waals surface area contributed by atoms with E-state index in [1.807, 2.05) is 12.1 Å². The fraction of sp³-hybridized carbons (Fsp3) is 0.438. The summed E-state index contributed by atoms with van der Waals surface area (Å²) in [6, 6.07) is 3.77. The number of nitrogens with zero attached hydrogens (tertiary/aromatic N) is 2. The van der Waals surface area contributed by atoms with Gasteiger partial charge in [-0.05, 0) is 5.56 Å². The Kier molecular flexibility index (Phi) is 3.39. The van der Waals surface area contributed by atoms with Gasteiger partial charge in [0.15, 0.2) is 5.82 Å². The van der Waals surface area contributed by atoms with E-state index in [2.05, 4.69) is 41.3 Å². The number of amides is 1. The molecule has 0 aliphatic carbocycles. The highest BCUT2D eigenvalue weighted by Gasteiger charge is 2.35. The molecule has 6 heteroatoms. The van der Waals surface area contributed by atoms with Crippen LogP contribution in [-0.2, 0) is 10.2 Å². The van der Waals surface area contributed by atoms with E-state index in [1.54, 1.807) is 13.3 Å². The SMILES string of the molecule is COc1ccc(C2CC(=O)Nc3n[nH]c(C(C)(C)C)c32)cn1. The molecule has 22 heavy (non-hydrogen) atoms. The van der Waals surface area contributed by atoms with Crippen LogP contribution in [0.2, 0.25) is 0 Å². The van der Waals surface area contributed by atoms with E-state index in [0.29, 0.717) is 18.1 Å². The molecule has 2 aromatic heterocycles. The first-order valence-corrected chi connectivity index (χ1v) is 7.28. The third-order valence-corrected chi connectivity index (χ3v) is 3.92. The Morgan fingerprint density at radius 3 is 2.68 bits per heavy atom. The summed E-state index contributed by atoms with van der Waals surface area (Å²) < 4.78 is 5.10. The lowest BCUT2D eigenvalue weighted by molar-refractivity contribution is -0.116. The molecule has 1 aliphatic heterocycles. The summed E-state index contributed by atoms with van der Waals surface area (Å²) in [5, 5.41) is 10.2. The maximum absolute atomic E-state index is 12.0. The Morgan fingerprint density at radius 2 is 2.09 bits per heavy atom. The molecule has 3 heterocycles. The van der Waals surface area contributed by atoms with Crippen LogP contribution in [0.15, 0.2) is 18.3 Å². The minimum Gasteiger partial charge on any atom is -0.481 e. The average molecular weight is 300 g/mol. The van der Waals surface area contributed by atoms with Gasteiger partial charge in [-0.3, -0.25) is 9.89 Å². The van der Waals surface area contributed by atoms with E-state index in [1.165, 1.54) is 0 Å². The minimum atomic E-state index is -0.0825. The number of fused-ring (bicyclic) bond motifs is 1.